The standard InChI is InChI=1S/C21H29N3O6S.C20H28ClN3O4S/c1-2-3-4-5-6-7-19(24(26)16-25)15-31(27,28)23-12-10-22(11-13-23)18-8-9-20-21(14-18)30-17-29-20;1-2-3-4-5-6-9-20(24(26)17-25)16-29(27,28)23-13-11-22(12-14-23)19-10-7-8-18(21)15-19/h8-9,14,16,19,26H,2-5,10-13,15,17H2,1H3;7-8,10,15,17,20,26H,2-5,11-14,16H2,1H3. The van der Waals surface area contributed by atoms with E-state index in [9.17, 15) is 36.8 Å². The maximum Gasteiger partial charge on any atom is 0.234 e. The lowest BCUT2D eigenvalue weighted by Gasteiger charge is -2.36. The highest BCUT2D eigenvalue weighted by Gasteiger charge is 2.33. The molecule has 2 N–H and O–H groups in total. The van der Waals surface area contributed by atoms with E-state index in [4.69, 9.17) is 21.1 Å². The van der Waals surface area contributed by atoms with Crippen LogP contribution in [-0.2, 0) is 29.6 Å². The number of fused-ring (bicyclic) bond motifs is 1. The Balaban J connectivity index is 0.000000265. The molecule has 2 atom stereocenters. The zero-order chi connectivity index (χ0) is 43.5. The molecule has 2 unspecified atom stereocenters. The number of unbranched alkanes of at least 4 members (excludes halogenated alkanes) is 6. The van der Waals surface area contributed by atoms with Gasteiger partial charge in [0, 0.05) is 87.7 Å². The molecule has 0 saturated carbocycles. The minimum absolute atomic E-state index is 0.192. The number of piperazine rings is 2. The number of hydrogen-bond donors (Lipinski definition) is 2. The number of hydroxylamine groups is 4. The molecule has 3 aliphatic rings. The first kappa shape index (κ1) is 48.4. The maximum atomic E-state index is 12.9. The monoisotopic (exact) mass is 892 g/mol. The Morgan fingerprint density at radius 1 is 0.683 bits per heavy atom. The molecule has 3 aliphatic heterocycles. The number of amides is 2. The highest BCUT2D eigenvalue weighted by atomic mass is 35.5. The van der Waals surface area contributed by atoms with E-state index in [1.807, 2.05) is 36.4 Å². The van der Waals surface area contributed by atoms with Gasteiger partial charge in [-0.1, -0.05) is 69.0 Å². The third-order valence-electron chi connectivity index (χ3n) is 10.1. The highest BCUT2D eigenvalue weighted by molar-refractivity contribution is 7.89. The van der Waals surface area contributed by atoms with Gasteiger partial charge in [-0.15, -0.1) is 11.8 Å². The largest absolute Gasteiger partial charge is 0.454 e. The van der Waals surface area contributed by atoms with E-state index >= 15 is 0 Å². The van der Waals surface area contributed by atoms with Crippen LogP contribution < -0.4 is 19.3 Å². The molecule has 5 rings (SSSR count). The van der Waals surface area contributed by atoms with Crippen LogP contribution >= 0.6 is 11.6 Å². The molecule has 2 amide bonds. The van der Waals surface area contributed by atoms with Crippen molar-refractivity contribution in [3.8, 4) is 35.2 Å². The third-order valence-corrected chi connectivity index (χ3v) is 14.1. The predicted molar refractivity (Wildman–Crippen MR) is 230 cm³/mol. The summed E-state index contributed by atoms with van der Waals surface area (Å²) < 4.78 is 64.9. The van der Waals surface area contributed by atoms with Gasteiger partial charge >= 0.3 is 0 Å². The zero-order valence-corrected chi connectivity index (χ0v) is 36.7. The van der Waals surface area contributed by atoms with E-state index in [1.54, 1.807) is 6.07 Å². The molecule has 2 aromatic rings. The first-order valence-corrected chi connectivity index (χ1v) is 23.8. The van der Waals surface area contributed by atoms with Gasteiger partial charge in [-0.25, -0.2) is 27.0 Å². The predicted octanol–water partition coefficient (Wildman–Crippen LogP) is 4.26. The van der Waals surface area contributed by atoms with E-state index in [0.717, 1.165) is 49.9 Å². The van der Waals surface area contributed by atoms with Gasteiger partial charge in [0.1, 0.15) is 12.1 Å². The van der Waals surface area contributed by atoms with E-state index < -0.39 is 43.6 Å². The Labute approximate surface area is 359 Å². The maximum absolute atomic E-state index is 12.9. The lowest BCUT2D eigenvalue weighted by atomic mass is 10.2. The number of carbonyl (C=O) groups is 2. The molecule has 0 aliphatic carbocycles. The second kappa shape index (κ2) is 24.2. The second-order valence-corrected chi connectivity index (χ2v) is 18.9. The van der Waals surface area contributed by atoms with Crippen LogP contribution in [0.4, 0.5) is 11.4 Å². The van der Waals surface area contributed by atoms with Crippen LogP contribution in [0.1, 0.15) is 65.2 Å². The van der Waals surface area contributed by atoms with Crippen LogP contribution in [0.2, 0.25) is 5.02 Å². The molecule has 60 heavy (non-hydrogen) atoms. The molecular weight excluding hydrogens is 836 g/mol. The number of halogens is 1. The van der Waals surface area contributed by atoms with Crippen molar-refractivity contribution >= 4 is 55.8 Å². The van der Waals surface area contributed by atoms with Crippen LogP contribution in [-0.4, -0.2) is 142 Å². The summed E-state index contributed by atoms with van der Waals surface area (Å²) in [5.41, 5.74) is 1.90. The summed E-state index contributed by atoms with van der Waals surface area (Å²) in [5, 5.41) is 20.9. The average molecular weight is 894 g/mol. The fourth-order valence-electron chi connectivity index (χ4n) is 6.64. The molecule has 16 nitrogen and oxygen atoms in total. The van der Waals surface area contributed by atoms with Gasteiger partial charge in [0.2, 0.25) is 39.7 Å². The van der Waals surface area contributed by atoms with Crippen molar-refractivity contribution in [2.45, 2.75) is 77.3 Å². The van der Waals surface area contributed by atoms with E-state index in [-0.39, 0.29) is 19.6 Å². The minimum atomic E-state index is -3.70. The number of sulfonamides is 2. The van der Waals surface area contributed by atoms with Gasteiger partial charge in [0.05, 0.1) is 11.5 Å². The van der Waals surface area contributed by atoms with Gasteiger partial charge in [-0.3, -0.25) is 20.0 Å². The molecule has 19 heteroatoms. The topological polar surface area (TPSA) is 181 Å². The fourth-order valence-corrected chi connectivity index (χ4v) is 9.95. The fraction of sp³-hybridized carbons (Fsp3) is 0.561. The normalized spacial score (nSPS) is 16.6. The molecule has 2 fully saturated rings. The molecule has 0 aromatic heterocycles. The summed E-state index contributed by atoms with van der Waals surface area (Å²) >= 11 is 6.03. The van der Waals surface area contributed by atoms with Gasteiger partial charge < -0.3 is 19.3 Å². The Morgan fingerprint density at radius 3 is 1.60 bits per heavy atom. The zero-order valence-electron chi connectivity index (χ0n) is 34.3. The first-order valence-electron chi connectivity index (χ1n) is 20.2. The average Bonchev–Trinajstić information content (AvgIpc) is 3.73. The summed E-state index contributed by atoms with van der Waals surface area (Å²) in [6.07, 6.45) is 7.57. The smallest absolute Gasteiger partial charge is 0.234 e. The van der Waals surface area contributed by atoms with Crippen LogP contribution in [0, 0.1) is 23.7 Å². The van der Waals surface area contributed by atoms with E-state index in [2.05, 4.69) is 47.3 Å². The van der Waals surface area contributed by atoms with E-state index in [0.29, 0.717) is 91.8 Å². The number of nitrogens with zero attached hydrogens (tertiary/aromatic N) is 6. The summed E-state index contributed by atoms with van der Waals surface area (Å²) in [6.45, 7) is 7.71. The van der Waals surface area contributed by atoms with Crippen LogP contribution in [0.15, 0.2) is 42.5 Å². The van der Waals surface area contributed by atoms with Crippen molar-refractivity contribution in [1.82, 2.24) is 18.7 Å². The molecule has 0 bridgehead atoms. The molecule has 0 spiro atoms. The van der Waals surface area contributed by atoms with Crippen molar-refractivity contribution in [2.75, 3.05) is 80.5 Å². The lowest BCUT2D eigenvalue weighted by Crippen LogP contribution is -2.51. The SMILES string of the molecule is CCCCCC#CC(CS(=O)(=O)N1CCN(c2ccc3c(c2)OCO3)CC1)N(O)C=O.CCCCCC#CC(CS(=O)(=O)N1CCN(c2cccc(Cl)c2)CC1)N(O)C=O. The number of carbonyl (C=O) groups excluding carboxylic acids is 2. The van der Waals surface area contributed by atoms with Crippen molar-refractivity contribution in [3.63, 3.8) is 0 Å². The van der Waals surface area contributed by atoms with E-state index in [1.165, 1.54) is 8.61 Å². The Hall–Kier alpha value is -4.27. The number of ether oxygens (including phenoxy) is 2. The summed E-state index contributed by atoms with van der Waals surface area (Å²) in [6, 6.07) is 10.9. The highest BCUT2D eigenvalue weighted by Crippen LogP contribution is 2.36. The first-order chi connectivity index (χ1) is 28.8. The van der Waals surface area contributed by atoms with Gasteiger partial charge in [0.15, 0.2) is 11.5 Å². The molecular formula is C41H57ClN6O10S2. The molecule has 2 aromatic carbocycles. The lowest BCUT2D eigenvalue weighted by molar-refractivity contribution is -0.153. The summed E-state index contributed by atoms with van der Waals surface area (Å²) in [4.78, 5) is 26.1. The van der Waals surface area contributed by atoms with Crippen LogP contribution in [0.3, 0.4) is 0 Å². The molecule has 0 radical (unpaired) electrons. The van der Waals surface area contributed by atoms with Crippen molar-refractivity contribution in [1.29, 1.82) is 0 Å². The third kappa shape index (κ3) is 14.7. The number of rotatable bonds is 18. The summed E-state index contributed by atoms with van der Waals surface area (Å²) in [5.74, 6) is 11.8. The Bertz CT molecular complexity index is 2040. The second-order valence-electron chi connectivity index (χ2n) is 14.4. The minimum Gasteiger partial charge on any atom is -0.454 e. The van der Waals surface area contributed by atoms with Gasteiger partial charge in [0.25, 0.3) is 0 Å². The van der Waals surface area contributed by atoms with Gasteiger partial charge in [-0.05, 0) is 43.2 Å². The summed E-state index contributed by atoms with van der Waals surface area (Å²) in [7, 11) is -7.38. The van der Waals surface area contributed by atoms with Crippen LogP contribution in [0.5, 0.6) is 11.5 Å². The Morgan fingerprint density at radius 2 is 1.15 bits per heavy atom. The van der Waals surface area contributed by atoms with Gasteiger partial charge in [-0.2, -0.15) is 8.61 Å². The number of benzene rings is 2. The number of anilines is 2. The molecule has 330 valence electrons. The van der Waals surface area contributed by atoms with Crippen molar-refractivity contribution in [2.24, 2.45) is 0 Å². The van der Waals surface area contributed by atoms with Crippen molar-refractivity contribution in [3.05, 3.63) is 47.5 Å². The Kier molecular flexibility index (Phi) is 19.6. The van der Waals surface area contributed by atoms with Crippen molar-refractivity contribution < 1.29 is 46.3 Å². The molecule has 3 heterocycles. The quantitative estimate of drug-likeness (QED) is 0.0716. The van der Waals surface area contributed by atoms with Crippen LogP contribution in [0.25, 0.3) is 0 Å². The number of hydrogen-bond acceptors (Lipinski definition) is 12. The molecule has 2 saturated heterocycles.